The molecule has 1 aromatic heterocycles. The molecule has 3 heteroatoms. The number of rotatable bonds is 2. The van der Waals surface area contributed by atoms with Gasteiger partial charge in [0.15, 0.2) is 0 Å². The maximum Gasteiger partial charge on any atom is 0.125 e. The van der Waals surface area contributed by atoms with E-state index in [1.807, 2.05) is 6.92 Å². The van der Waals surface area contributed by atoms with Crippen LogP contribution in [0.25, 0.3) is 0 Å². The summed E-state index contributed by atoms with van der Waals surface area (Å²) in [7, 11) is 0. The van der Waals surface area contributed by atoms with Crippen molar-refractivity contribution in [3.63, 3.8) is 0 Å². The molecular formula is C12H19N3. The lowest BCUT2D eigenvalue weighted by Gasteiger charge is -2.25. The molecule has 1 aromatic rings. The molecule has 15 heavy (non-hydrogen) atoms. The number of aromatic nitrogens is 2. The Labute approximate surface area is 91.1 Å². The summed E-state index contributed by atoms with van der Waals surface area (Å²) in [5.74, 6) is 1.50. The summed E-state index contributed by atoms with van der Waals surface area (Å²) < 4.78 is 0. The van der Waals surface area contributed by atoms with Crippen molar-refractivity contribution in [2.75, 3.05) is 6.54 Å². The van der Waals surface area contributed by atoms with Gasteiger partial charge in [-0.15, -0.1) is 0 Å². The van der Waals surface area contributed by atoms with Gasteiger partial charge in [-0.3, -0.25) is 0 Å². The quantitative estimate of drug-likeness (QED) is 0.801. The van der Waals surface area contributed by atoms with Crippen molar-refractivity contribution in [1.29, 1.82) is 0 Å². The molecule has 2 rings (SSSR count). The first-order valence-corrected chi connectivity index (χ1v) is 5.76. The van der Waals surface area contributed by atoms with E-state index in [1.165, 1.54) is 24.1 Å². The topological polar surface area (TPSA) is 51.8 Å². The van der Waals surface area contributed by atoms with Crippen LogP contribution in [0.4, 0.5) is 0 Å². The number of hydrogen-bond donors (Lipinski definition) is 1. The molecule has 0 amide bonds. The fourth-order valence-electron chi connectivity index (χ4n) is 2.66. The zero-order valence-electron chi connectivity index (χ0n) is 9.58. The molecule has 1 aliphatic rings. The van der Waals surface area contributed by atoms with Crippen LogP contribution in [0.2, 0.25) is 0 Å². The van der Waals surface area contributed by atoms with Crippen molar-refractivity contribution in [3.8, 4) is 0 Å². The highest BCUT2D eigenvalue weighted by atomic mass is 14.9. The summed E-state index contributed by atoms with van der Waals surface area (Å²) in [5.41, 5.74) is 9.47. The summed E-state index contributed by atoms with van der Waals surface area (Å²) in [6.07, 6.45) is 4.67. The standard InChI is InChI=1S/C12H19N3/c1-8-12-10(6-7-13)4-3-5-11(12)15-9(2)14-8/h10H,3-7,13H2,1-2H3. The van der Waals surface area contributed by atoms with Crippen LogP contribution in [0.15, 0.2) is 0 Å². The molecule has 2 N–H and O–H groups in total. The van der Waals surface area contributed by atoms with Gasteiger partial charge in [-0.1, -0.05) is 0 Å². The second kappa shape index (κ2) is 4.27. The van der Waals surface area contributed by atoms with Gasteiger partial charge >= 0.3 is 0 Å². The van der Waals surface area contributed by atoms with E-state index < -0.39 is 0 Å². The van der Waals surface area contributed by atoms with Crippen molar-refractivity contribution in [2.24, 2.45) is 5.73 Å². The van der Waals surface area contributed by atoms with Crippen LogP contribution < -0.4 is 5.73 Å². The average molecular weight is 205 g/mol. The van der Waals surface area contributed by atoms with Crippen LogP contribution in [0, 0.1) is 13.8 Å². The lowest BCUT2D eigenvalue weighted by Crippen LogP contribution is -2.18. The molecule has 3 nitrogen and oxygen atoms in total. The van der Waals surface area contributed by atoms with Crippen molar-refractivity contribution in [2.45, 2.75) is 45.4 Å². The van der Waals surface area contributed by atoms with Crippen LogP contribution >= 0.6 is 0 Å². The lowest BCUT2D eigenvalue weighted by molar-refractivity contribution is 0.510. The number of hydrogen-bond acceptors (Lipinski definition) is 3. The second-order valence-electron chi connectivity index (χ2n) is 4.38. The Morgan fingerprint density at radius 3 is 2.87 bits per heavy atom. The zero-order valence-corrected chi connectivity index (χ0v) is 9.58. The summed E-state index contributed by atoms with van der Waals surface area (Å²) in [6.45, 7) is 4.83. The first-order valence-electron chi connectivity index (χ1n) is 5.76. The molecule has 1 aliphatic carbocycles. The fourth-order valence-corrected chi connectivity index (χ4v) is 2.66. The Morgan fingerprint density at radius 2 is 2.13 bits per heavy atom. The van der Waals surface area contributed by atoms with Gasteiger partial charge in [0.2, 0.25) is 0 Å². The molecule has 1 unspecified atom stereocenters. The van der Waals surface area contributed by atoms with E-state index in [-0.39, 0.29) is 0 Å². The van der Waals surface area contributed by atoms with Gasteiger partial charge in [0, 0.05) is 11.4 Å². The fraction of sp³-hybridized carbons (Fsp3) is 0.667. The van der Waals surface area contributed by atoms with Crippen molar-refractivity contribution < 1.29 is 0 Å². The largest absolute Gasteiger partial charge is 0.330 e. The first kappa shape index (κ1) is 10.6. The van der Waals surface area contributed by atoms with Crippen LogP contribution in [0.5, 0.6) is 0 Å². The SMILES string of the molecule is Cc1nc(C)c2c(n1)CCCC2CCN. The van der Waals surface area contributed by atoms with E-state index in [1.54, 1.807) is 0 Å². The summed E-state index contributed by atoms with van der Waals surface area (Å²) in [5, 5.41) is 0. The molecular weight excluding hydrogens is 186 g/mol. The highest BCUT2D eigenvalue weighted by Gasteiger charge is 2.23. The Balaban J connectivity index is 2.41. The normalized spacial score (nSPS) is 20.1. The van der Waals surface area contributed by atoms with Crippen molar-refractivity contribution >= 4 is 0 Å². The van der Waals surface area contributed by atoms with E-state index in [9.17, 15) is 0 Å². The minimum absolute atomic E-state index is 0.597. The van der Waals surface area contributed by atoms with Gasteiger partial charge in [-0.05, 0) is 57.6 Å². The third-order valence-corrected chi connectivity index (χ3v) is 3.22. The Kier molecular flexibility index (Phi) is 3.00. The third kappa shape index (κ3) is 2.02. The summed E-state index contributed by atoms with van der Waals surface area (Å²) >= 11 is 0. The molecule has 0 spiro atoms. The van der Waals surface area contributed by atoms with Crippen LogP contribution in [-0.2, 0) is 6.42 Å². The second-order valence-corrected chi connectivity index (χ2v) is 4.38. The van der Waals surface area contributed by atoms with E-state index in [0.717, 1.165) is 30.9 Å². The number of fused-ring (bicyclic) bond motifs is 1. The van der Waals surface area contributed by atoms with Gasteiger partial charge in [-0.25, -0.2) is 9.97 Å². The van der Waals surface area contributed by atoms with Crippen molar-refractivity contribution in [3.05, 3.63) is 22.8 Å². The van der Waals surface area contributed by atoms with Crippen LogP contribution in [0.1, 0.15) is 48.0 Å². The number of aryl methyl sites for hydroxylation is 3. The summed E-state index contributed by atoms with van der Waals surface area (Å²) in [4.78, 5) is 9.02. The van der Waals surface area contributed by atoms with Crippen LogP contribution in [0.3, 0.4) is 0 Å². The molecule has 1 heterocycles. The monoisotopic (exact) mass is 205 g/mol. The van der Waals surface area contributed by atoms with Gasteiger partial charge in [0.1, 0.15) is 5.82 Å². The molecule has 0 saturated heterocycles. The summed E-state index contributed by atoms with van der Waals surface area (Å²) in [6, 6.07) is 0. The van der Waals surface area contributed by atoms with Gasteiger partial charge in [0.05, 0.1) is 0 Å². The highest BCUT2D eigenvalue weighted by Crippen LogP contribution is 2.34. The van der Waals surface area contributed by atoms with Crippen LogP contribution in [-0.4, -0.2) is 16.5 Å². The number of nitrogens with zero attached hydrogens (tertiary/aromatic N) is 2. The predicted molar refractivity (Wildman–Crippen MR) is 60.9 cm³/mol. The molecule has 82 valence electrons. The molecule has 0 aromatic carbocycles. The maximum atomic E-state index is 5.66. The van der Waals surface area contributed by atoms with Gasteiger partial charge < -0.3 is 5.73 Å². The van der Waals surface area contributed by atoms with E-state index in [0.29, 0.717) is 5.92 Å². The van der Waals surface area contributed by atoms with Gasteiger partial charge in [-0.2, -0.15) is 0 Å². The molecule has 0 fully saturated rings. The Hall–Kier alpha value is -0.960. The maximum absolute atomic E-state index is 5.66. The predicted octanol–water partition coefficient (Wildman–Crippen LogP) is 1.86. The van der Waals surface area contributed by atoms with E-state index in [4.69, 9.17) is 5.73 Å². The molecule has 0 radical (unpaired) electrons. The third-order valence-electron chi connectivity index (χ3n) is 3.22. The minimum atomic E-state index is 0.597. The zero-order chi connectivity index (χ0) is 10.8. The van der Waals surface area contributed by atoms with E-state index >= 15 is 0 Å². The van der Waals surface area contributed by atoms with Gasteiger partial charge in [0.25, 0.3) is 0 Å². The molecule has 1 atom stereocenters. The lowest BCUT2D eigenvalue weighted by atomic mass is 9.82. The average Bonchev–Trinajstić information content (AvgIpc) is 2.17. The molecule has 0 bridgehead atoms. The van der Waals surface area contributed by atoms with E-state index in [2.05, 4.69) is 16.9 Å². The number of nitrogens with two attached hydrogens (primary N) is 1. The smallest absolute Gasteiger partial charge is 0.125 e. The van der Waals surface area contributed by atoms with Crippen molar-refractivity contribution in [1.82, 2.24) is 9.97 Å². The Morgan fingerprint density at radius 1 is 1.33 bits per heavy atom. The highest BCUT2D eigenvalue weighted by molar-refractivity contribution is 5.31. The first-order chi connectivity index (χ1) is 7.22. The molecule has 0 saturated carbocycles. The molecule has 0 aliphatic heterocycles. The minimum Gasteiger partial charge on any atom is -0.330 e. The Bertz CT molecular complexity index is 360.